The highest BCUT2D eigenvalue weighted by Gasteiger charge is 2.49. The van der Waals surface area contributed by atoms with E-state index in [1.165, 1.54) is 45.2 Å². The number of hydrogen-bond donors (Lipinski definition) is 1. The van der Waals surface area contributed by atoms with E-state index in [0.717, 1.165) is 12.5 Å². The lowest BCUT2D eigenvalue weighted by molar-refractivity contribution is 0.222. The molecule has 1 saturated heterocycles. The standard InChI is InChI=1S/C14H23N3/c1-11-6-7-17(8-11)10-14(9-15,12-2-3-12)16-13-4-5-13/h11-13,16H,2-8,10H2,1H3. The molecule has 2 saturated carbocycles. The van der Waals surface area contributed by atoms with Gasteiger partial charge < -0.3 is 4.90 Å². The summed E-state index contributed by atoms with van der Waals surface area (Å²) in [5.74, 6) is 1.43. The highest BCUT2D eigenvalue weighted by Crippen LogP contribution is 2.42. The lowest BCUT2D eigenvalue weighted by Gasteiger charge is -2.32. The maximum atomic E-state index is 9.65. The summed E-state index contributed by atoms with van der Waals surface area (Å²) < 4.78 is 0. The molecule has 1 heterocycles. The molecule has 0 bridgehead atoms. The van der Waals surface area contributed by atoms with Crippen molar-refractivity contribution in [1.29, 1.82) is 5.26 Å². The van der Waals surface area contributed by atoms with Crippen LogP contribution >= 0.6 is 0 Å². The molecular formula is C14H23N3. The SMILES string of the molecule is CC1CCN(CC(C#N)(NC2CC2)C2CC2)C1. The van der Waals surface area contributed by atoms with Crippen LogP contribution in [0.1, 0.15) is 39.0 Å². The maximum absolute atomic E-state index is 9.65. The second-order valence-electron chi connectivity index (χ2n) is 6.41. The van der Waals surface area contributed by atoms with Crippen molar-refractivity contribution in [2.45, 2.75) is 50.6 Å². The average Bonchev–Trinajstić information content (AvgIpc) is 3.19. The van der Waals surface area contributed by atoms with Crippen LogP contribution in [0.4, 0.5) is 0 Å². The van der Waals surface area contributed by atoms with E-state index < -0.39 is 0 Å². The van der Waals surface area contributed by atoms with Crippen molar-refractivity contribution in [3.63, 3.8) is 0 Å². The first-order valence-electron chi connectivity index (χ1n) is 7.13. The first kappa shape index (κ1) is 11.5. The molecule has 17 heavy (non-hydrogen) atoms. The summed E-state index contributed by atoms with van der Waals surface area (Å²) in [6.45, 7) is 5.64. The number of likely N-dealkylation sites (tertiary alicyclic amines) is 1. The summed E-state index contributed by atoms with van der Waals surface area (Å²) >= 11 is 0. The highest BCUT2D eigenvalue weighted by atomic mass is 15.2. The maximum Gasteiger partial charge on any atom is 0.122 e. The van der Waals surface area contributed by atoms with Crippen LogP contribution in [0.3, 0.4) is 0 Å². The van der Waals surface area contributed by atoms with Crippen molar-refractivity contribution in [3.05, 3.63) is 0 Å². The molecule has 3 heteroatoms. The van der Waals surface area contributed by atoms with Crippen molar-refractivity contribution in [2.75, 3.05) is 19.6 Å². The average molecular weight is 233 g/mol. The van der Waals surface area contributed by atoms with Gasteiger partial charge in [0.15, 0.2) is 0 Å². The van der Waals surface area contributed by atoms with E-state index >= 15 is 0 Å². The van der Waals surface area contributed by atoms with Crippen LogP contribution in [0.2, 0.25) is 0 Å². The van der Waals surface area contributed by atoms with E-state index in [0.29, 0.717) is 12.0 Å². The minimum Gasteiger partial charge on any atom is -0.300 e. The van der Waals surface area contributed by atoms with Gasteiger partial charge in [0.05, 0.1) is 6.07 Å². The Labute approximate surface area is 104 Å². The third-order valence-electron chi connectivity index (χ3n) is 4.49. The topological polar surface area (TPSA) is 39.1 Å². The van der Waals surface area contributed by atoms with Crippen molar-refractivity contribution in [3.8, 4) is 6.07 Å². The van der Waals surface area contributed by atoms with Gasteiger partial charge in [-0.1, -0.05) is 6.92 Å². The number of nitrogens with one attached hydrogen (secondary N) is 1. The van der Waals surface area contributed by atoms with Crippen molar-refractivity contribution in [2.24, 2.45) is 11.8 Å². The van der Waals surface area contributed by atoms with Crippen molar-refractivity contribution < 1.29 is 0 Å². The Morgan fingerprint density at radius 3 is 2.53 bits per heavy atom. The Hall–Kier alpha value is -0.590. The van der Waals surface area contributed by atoms with Gasteiger partial charge >= 0.3 is 0 Å². The number of hydrogen-bond acceptors (Lipinski definition) is 3. The van der Waals surface area contributed by atoms with Gasteiger partial charge in [0.2, 0.25) is 0 Å². The second-order valence-corrected chi connectivity index (χ2v) is 6.41. The van der Waals surface area contributed by atoms with Crippen LogP contribution in [-0.2, 0) is 0 Å². The fourth-order valence-electron chi connectivity index (χ4n) is 3.14. The zero-order chi connectivity index (χ0) is 11.9. The minimum atomic E-state index is -0.231. The lowest BCUT2D eigenvalue weighted by Crippen LogP contribution is -2.54. The van der Waals surface area contributed by atoms with E-state index in [2.05, 4.69) is 23.2 Å². The highest BCUT2D eigenvalue weighted by molar-refractivity contribution is 5.18. The Balaban J connectivity index is 1.67. The fourth-order valence-corrected chi connectivity index (χ4v) is 3.14. The van der Waals surface area contributed by atoms with Gasteiger partial charge in [-0.2, -0.15) is 5.26 Å². The van der Waals surface area contributed by atoms with Crippen molar-refractivity contribution >= 4 is 0 Å². The number of nitriles is 1. The van der Waals surface area contributed by atoms with E-state index in [-0.39, 0.29) is 5.54 Å². The van der Waals surface area contributed by atoms with Crippen LogP contribution in [0.25, 0.3) is 0 Å². The van der Waals surface area contributed by atoms with Crippen LogP contribution in [-0.4, -0.2) is 36.1 Å². The molecule has 2 aliphatic carbocycles. The molecule has 1 aliphatic heterocycles. The molecule has 0 amide bonds. The largest absolute Gasteiger partial charge is 0.300 e. The van der Waals surface area contributed by atoms with Gasteiger partial charge in [0.25, 0.3) is 0 Å². The monoisotopic (exact) mass is 233 g/mol. The summed E-state index contributed by atoms with van der Waals surface area (Å²) in [4.78, 5) is 2.50. The van der Waals surface area contributed by atoms with Crippen LogP contribution in [0.5, 0.6) is 0 Å². The zero-order valence-electron chi connectivity index (χ0n) is 10.8. The Morgan fingerprint density at radius 2 is 2.06 bits per heavy atom. The van der Waals surface area contributed by atoms with Gasteiger partial charge in [0, 0.05) is 19.1 Å². The van der Waals surface area contributed by atoms with E-state index in [1.807, 2.05) is 0 Å². The quantitative estimate of drug-likeness (QED) is 0.786. The molecule has 3 rings (SSSR count). The van der Waals surface area contributed by atoms with Gasteiger partial charge in [-0.15, -0.1) is 0 Å². The summed E-state index contributed by atoms with van der Waals surface area (Å²) in [7, 11) is 0. The molecule has 3 nitrogen and oxygen atoms in total. The minimum absolute atomic E-state index is 0.231. The molecule has 0 aromatic heterocycles. The van der Waals surface area contributed by atoms with Crippen LogP contribution in [0, 0.1) is 23.2 Å². The van der Waals surface area contributed by atoms with Gasteiger partial charge in [0.1, 0.15) is 5.54 Å². The molecule has 94 valence electrons. The van der Waals surface area contributed by atoms with Gasteiger partial charge in [-0.05, 0) is 50.5 Å². The van der Waals surface area contributed by atoms with Crippen LogP contribution in [0.15, 0.2) is 0 Å². The summed E-state index contributed by atoms with van der Waals surface area (Å²) in [5.41, 5.74) is -0.231. The Kier molecular flexibility index (Phi) is 2.88. The van der Waals surface area contributed by atoms with E-state index in [1.54, 1.807) is 0 Å². The molecule has 0 spiro atoms. The predicted molar refractivity (Wildman–Crippen MR) is 67.4 cm³/mol. The molecule has 0 radical (unpaired) electrons. The zero-order valence-corrected chi connectivity index (χ0v) is 10.8. The molecule has 3 aliphatic rings. The summed E-state index contributed by atoms with van der Waals surface area (Å²) in [6, 6.07) is 3.27. The second kappa shape index (κ2) is 4.26. The van der Waals surface area contributed by atoms with Gasteiger partial charge in [-0.25, -0.2) is 0 Å². The normalized spacial score (nSPS) is 33.3. The third kappa shape index (κ3) is 2.48. The van der Waals surface area contributed by atoms with Gasteiger partial charge in [-0.3, -0.25) is 5.32 Å². The van der Waals surface area contributed by atoms with Crippen LogP contribution < -0.4 is 5.32 Å². The first-order valence-corrected chi connectivity index (χ1v) is 7.13. The molecule has 3 fully saturated rings. The molecule has 0 aromatic rings. The fraction of sp³-hybridized carbons (Fsp3) is 0.929. The Morgan fingerprint density at radius 1 is 1.29 bits per heavy atom. The van der Waals surface area contributed by atoms with E-state index in [9.17, 15) is 5.26 Å². The smallest absolute Gasteiger partial charge is 0.122 e. The molecule has 1 N–H and O–H groups in total. The third-order valence-corrected chi connectivity index (χ3v) is 4.49. The summed E-state index contributed by atoms with van der Waals surface area (Å²) in [6.07, 6.45) is 6.34. The molecule has 2 atom stereocenters. The van der Waals surface area contributed by atoms with E-state index in [4.69, 9.17) is 0 Å². The molecule has 2 unspecified atom stereocenters. The molecule has 0 aromatic carbocycles. The summed E-state index contributed by atoms with van der Waals surface area (Å²) in [5, 5.41) is 13.3. The first-order chi connectivity index (χ1) is 8.22. The number of nitrogens with zero attached hydrogens (tertiary/aromatic N) is 2. The van der Waals surface area contributed by atoms with Crippen molar-refractivity contribution in [1.82, 2.24) is 10.2 Å². The predicted octanol–water partition coefficient (Wildman–Crippen LogP) is 1.75. The Bertz CT molecular complexity index is 327. The lowest BCUT2D eigenvalue weighted by atomic mass is 9.94. The molecular weight excluding hydrogens is 210 g/mol. The number of rotatable bonds is 5.